The third-order valence-corrected chi connectivity index (χ3v) is 5.04. The summed E-state index contributed by atoms with van der Waals surface area (Å²) in [5.41, 5.74) is 6.62. The van der Waals surface area contributed by atoms with Gasteiger partial charge in [-0.3, -0.25) is 14.9 Å². The number of nitro benzene ring substituents is 1. The lowest BCUT2D eigenvalue weighted by Crippen LogP contribution is -2.22. The van der Waals surface area contributed by atoms with Gasteiger partial charge in [-0.1, -0.05) is 23.9 Å². The first-order valence-electron chi connectivity index (χ1n) is 7.55. The largest absolute Gasteiger partial charge is 0.368 e. The van der Waals surface area contributed by atoms with Gasteiger partial charge in [0.05, 0.1) is 15.9 Å². The van der Waals surface area contributed by atoms with Gasteiger partial charge in [-0.25, -0.2) is 15.0 Å². The summed E-state index contributed by atoms with van der Waals surface area (Å²) in [6.07, 6.45) is 1.28. The van der Waals surface area contributed by atoms with E-state index in [2.05, 4.69) is 25.3 Å². The van der Waals surface area contributed by atoms with E-state index in [4.69, 9.17) is 5.73 Å². The van der Waals surface area contributed by atoms with Crippen molar-refractivity contribution in [2.75, 3.05) is 11.1 Å². The molecule has 0 saturated carbocycles. The Bertz CT molecular complexity index is 995. The van der Waals surface area contributed by atoms with Gasteiger partial charge in [-0.2, -0.15) is 4.98 Å². The lowest BCUT2D eigenvalue weighted by molar-refractivity contribution is -0.384. The van der Waals surface area contributed by atoms with Crippen molar-refractivity contribution in [1.82, 2.24) is 19.9 Å². The van der Waals surface area contributed by atoms with Crippen LogP contribution in [0.3, 0.4) is 0 Å². The van der Waals surface area contributed by atoms with E-state index in [1.807, 2.05) is 0 Å². The molecule has 10 nitrogen and oxygen atoms in total. The van der Waals surface area contributed by atoms with Crippen LogP contribution in [0.2, 0.25) is 0 Å². The lowest BCUT2D eigenvalue weighted by atomic mass is 10.1. The van der Waals surface area contributed by atoms with E-state index in [1.165, 1.54) is 29.8 Å². The summed E-state index contributed by atoms with van der Waals surface area (Å²) in [5.74, 6) is -0.194. The predicted molar refractivity (Wildman–Crippen MR) is 102 cm³/mol. The Kier molecular flexibility index (Phi) is 5.57. The smallest absolute Gasteiger partial charge is 0.270 e. The third kappa shape index (κ3) is 4.74. The molecule has 0 aliphatic heterocycles. The number of nitrogen functional groups attached to an aromatic ring is 1. The molecule has 2 aromatic heterocycles. The fourth-order valence-corrected chi connectivity index (χ4v) is 3.47. The molecule has 1 unspecified atom stereocenters. The Morgan fingerprint density at radius 3 is 2.93 bits per heavy atom. The molecule has 27 heavy (non-hydrogen) atoms. The van der Waals surface area contributed by atoms with Gasteiger partial charge < -0.3 is 11.1 Å². The van der Waals surface area contributed by atoms with Gasteiger partial charge in [0.25, 0.3) is 5.69 Å². The molecular formula is C15H13N7O3S2. The van der Waals surface area contributed by atoms with Crippen LogP contribution >= 0.6 is 23.1 Å². The maximum absolute atomic E-state index is 12.3. The number of hydrogen-bond acceptors (Lipinski definition) is 10. The van der Waals surface area contributed by atoms with Crippen molar-refractivity contribution in [3.05, 3.63) is 46.1 Å². The Hall–Kier alpha value is -3.12. The Balaban J connectivity index is 1.67. The summed E-state index contributed by atoms with van der Waals surface area (Å²) < 4.78 is 0. The zero-order valence-corrected chi connectivity index (χ0v) is 15.5. The molecule has 0 fully saturated rings. The van der Waals surface area contributed by atoms with E-state index in [-0.39, 0.29) is 17.5 Å². The molecule has 0 saturated heterocycles. The number of carbonyl (C=O) groups excluding carboxylic acids is 1. The van der Waals surface area contributed by atoms with Crippen molar-refractivity contribution in [3.8, 4) is 11.3 Å². The van der Waals surface area contributed by atoms with E-state index in [1.54, 1.807) is 24.4 Å². The summed E-state index contributed by atoms with van der Waals surface area (Å²) in [6, 6.07) is 6.15. The summed E-state index contributed by atoms with van der Waals surface area (Å²) in [4.78, 5) is 38.7. The van der Waals surface area contributed by atoms with Gasteiger partial charge in [0, 0.05) is 23.1 Å². The van der Waals surface area contributed by atoms with Crippen LogP contribution in [0.15, 0.2) is 41.1 Å². The van der Waals surface area contributed by atoms with Crippen LogP contribution in [0.5, 0.6) is 0 Å². The van der Waals surface area contributed by atoms with E-state index in [0.717, 1.165) is 11.8 Å². The highest BCUT2D eigenvalue weighted by Crippen LogP contribution is 2.28. The van der Waals surface area contributed by atoms with Gasteiger partial charge in [0.2, 0.25) is 11.9 Å². The fraction of sp³-hybridized carbons (Fsp3) is 0.133. The second kappa shape index (κ2) is 8.05. The lowest BCUT2D eigenvalue weighted by Gasteiger charge is -2.09. The monoisotopic (exact) mass is 403 g/mol. The first kappa shape index (κ1) is 18.7. The number of aromatic nitrogens is 4. The molecule has 0 aliphatic rings. The molecule has 12 heteroatoms. The summed E-state index contributed by atoms with van der Waals surface area (Å²) in [6.45, 7) is 1.70. The van der Waals surface area contributed by atoms with Gasteiger partial charge in [-0.15, -0.1) is 11.3 Å². The second-order valence-electron chi connectivity index (χ2n) is 5.22. The van der Waals surface area contributed by atoms with Crippen LogP contribution < -0.4 is 11.1 Å². The van der Waals surface area contributed by atoms with Crippen molar-refractivity contribution < 1.29 is 9.72 Å². The number of nitrogens with zero attached hydrogens (tertiary/aromatic N) is 5. The zero-order chi connectivity index (χ0) is 19.4. The quantitative estimate of drug-likeness (QED) is 0.359. The average Bonchev–Trinajstić information content (AvgIpc) is 3.10. The van der Waals surface area contributed by atoms with E-state index in [9.17, 15) is 14.9 Å². The van der Waals surface area contributed by atoms with Crippen molar-refractivity contribution in [1.29, 1.82) is 0 Å². The number of thioether (sulfide) groups is 1. The minimum Gasteiger partial charge on any atom is -0.368 e. The van der Waals surface area contributed by atoms with E-state index < -0.39 is 10.2 Å². The number of amides is 1. The van der Waals surface area contributed by atoms with Crippen LogP contribution in [-0.2, 0) is 4.79 Å². The molecule has 0 spiro atoms. The van der Waals surface area contributed by atoms with Crippen LogP contribution in [0.4, 0.5) is 16.8 Å². The third-order valence-electron chi connectivity index (χ3n) is 3.31. The van der Waals surface area contributed by atoms with Crippen molar-refractivity contribution in [2.45, 2.75) is 17.3 Å². The number of non-ortho nitro benzene ring substituents is 1. The molecular weight excluding hydrogens is 390 g/mol. The summed E-state index contributed by atoms with van der Waals surface area (Å²) >= 11 is 2.37. The number of thiazole rings is 1. The molecule has 0 aliphatic carbocycles. The Morgan fingerprint density at radius 2 is 2.19 bits per heavy atom. The number of carbonyl (C=O) groups is 1. The second-order valence-corrected chi connectivity index (χ2v) is 7.39. The number of hydrogen-bond donors (Lipinski definition) is 2. The van der Waals surface area contributed by atoms with Crippen LogP contribution in [-0.4, -0.2) is 36.0 Å². The molecule has 1 amide bonds. The van der Waals surface area contributed by atoms with Gasteiger partial charge in [0.1, 0.15) is 6.33 Å². The molecule has 3 aromatic rings. The van der Waals surface area contributed by atoms with Gasteiger partial charge in [-0.05, 0) is 6.92 Å². The molecule has 0 radical (unpaired) electrons. The molecule has 3 N–H and O–H groups in total. The summed E-state index contributed by atoms with van der Waals surface area (Å²) in [7, 11) is 0. The highest BCUT2D eigenvalue weighted by atomic mass is 32.2. The van der Waals surface area contributed by atoms with Crippen molar-refractivity contribution in [2.24, 2.45) is 0 Å². The first-order chi connectivity index (χ1) is 12.9. The number of nitrogens with one attached hydrogen (secondary N) is 1. The summed E-state index contributed by atoms with van der Waals surface area (Å²) in [5, 5.41) is 15.6. The minimum absolute atomic E-state index is 0.0206. The number of nitrogens with two attached hydrogens (primary N) is 1. The Morgan fingerprint density at radius 1 is 1.37 bits per heavy atom. The molecule has 1 aromatic carbocycles. The van der Waals surface area contributed by atoms with Crippen LogP contribution in [0.1, 0.15) is 6.92 Å². The molecule has 3 rings (SSSR count). The fourth-order valence-electron chi connectivity index (χ4n) is 2.01. The molecule has 0 bridgehead atoms. The standard InChI is InChI=1S/C15H13N7O3S2/c1-8(27-14-18-7-17-13(16)21-14)12(23)20-15-19-11(6-26-15)9-3-2-4-10(5-9)22(24)25/h2-8H,1H3,(H,19,20,23)(H2,16,17,18,21). The number of nitro groups is 1. The highest BCUT2D eigenvalue weighted by Gasteiger charge is 2.18. The molecule has 138 valence electrons. The highest BCUT2D eigenvalue weighted by molar-refractivity contribution is 8.00. The minimum atomic E-state index is -0.489. The Labute approximate surface area is 161 Å². The van der Waals surface area contributed by atoms with Gasteiger partial charge >= 0.3 is 0 Å². The molecule has 1 atom stereocenters. The SMILES string of the molecule is CC(Sc1ncnc(N)n1)C(=O)Nc1nc(-c2cccc([N+](=O)[O-])c2)cs1. The van der Waals surface area contributed by atoms with Crippen molar-refractivity contribution in [3.63, 3.8) is 0 Å². The van der Waals surface area contributed by atoms with E-state index in [0.29, 0.717) is 21.5 Å². The van der Waals surface area contributed by atoms with Crippen LogP contribution in [0, 0.1) is 10.1 Å². The topological polar surface area (TPSA) is 150 Å². The normalized spacial score (nSPS) is 11.7. The maximum Gasteiger partial charge on any atom is 0.270 e. The first-order valence-corrected chi connectivity index (χ1v) is 9.30. The number of rotatable bonds is 6. The van der Waals surface area contributed by atoms with E-state index >= 15 is 0 Å². The molecule has 2 heterocycles. The zero-order valence-electron chi connectivity index (χ0n) is 13.9. The van der Waals surface area contributed by atoms with Crippen molar-refractivity contribution >= 4 is 45.8 Å². The number of benzene rings is 1. The number of anilines is 2. The van der Waals surface area contributed by atoms with Crippen LogP contribution in [0.25, 0.3) is 11.3 Å². The predicted octanol–water partition coefficient (Wildman–Crippen LogP) is 2.60. The maximum atomic E-state index is 12.3. The average molecular weight is 403 g/mol. The van der Waals surface area contributed by atoms with Gasteiger partial charge in [0.15, 0.2) is 10.3 Å².